The maximum absolute atomic E-state index is 13.4. The van der Waals surface area contributed by atoms with Crippen LogP contribution in [0.5, 0.6) is 5.75 Å². The van der Waals surface area contributed by atoms with Crippen molar-refractivity contribution in [1.82, 2.24) is 10.2 Å². The van der Waals surface area contributed by atoms with Crippen LogP contribution in [0, 0.1) is 17.6 Å². The van der Waals surface area contributed by atoms with Crippen LogP contribution in [-0.4, -0.2) is 43.1 Å². The molecule has 0 spiro atoms. The van der Waals surface area contributed by atoms with Crippen molar-refractivity contribution in [1.29, 1.82) is 0 Å². The van der Waals surface area contributed by atoms with Gasteiger partial charge >= 0.3 is 0 Å². The minimum Gasteiger partial charge on any atom is -0.488 e. The summed E-state index contributed by atoms with van der Waals surface area (Å²) in [7, 11) is 2.00. The topological polar surface area (TPSA) is 41.6 Å². The molecule has 1 fully saturated rings. The van der Waals surface area contributed by atoms with Gasteiger partial charge in [-0.1, -0.05) is 0 Å². The summed E-state index contributed by atoms with van der Waals surface area (Å²) in [6.45, 7) is 4.87. The Balaban J connectivity index is 1.82. The lowest BCUT2D eigenvalue weighted by Gasteiger charge is -2.22. The lowest BCUT2D eigenvalue weighted by atomic mass is 10.0. The lowest BCUT2D eigenvalue weighted by molar-refractivity contribution is -0.126. The van der Waals surface area contributed by atoms with E-state index in [0.717, 1.165) is 25.1 Å². The first-order valence-corrected chi connectivity index (χ1v) is 7.47. The molecule has 0 aromatic heterocycles. The Morgan fingerprint density at radius 1 is 1.50 bits per heavy atom. The number of benzene rings is 1. The van der Waals surface area contributed by atoms with E-state index in [9.17, 15) is 13.6 Å². The van der Waals surface area contributed by atoms with Gasteiger partial charge in [-0.25, -0.2) is 8.78 Å². The van der Waals surface area contributed by atoms with Crippen LogP contribution in [0.15, 0.2) is 18.2 Å². The Hall–Kier alpha value is -1.69. The summed E-state index contributed by atoms with van der Waals surface area (Å²) < 4.78 is 31.5. The highest BCUT2D eigenvalue weighted by Crippen LogP contribution is 2.22. The van der Waals surface area contributed by atoms with E-state index >= 15 is 0 Å². The van der Waals surface area contributed by atoms with E-state index in [1.165, 1.54) is 6.07 Å². The summed E-state index contributed by atoms with van der Waals surface area (Å²) in [6.07, 6.45) is 0.837. The van der Waals surface area contributed by atoms with Crippen LogP contribution in [0.1, 0.15) is 20.3 Å². The molecule has 1 N–H and O–H groups in total. The molecule has 1 heterocycles. The lowest BCUT2D eigenvalue weighted by Crippen LogP contribution is -2.43. The number of ether oxygens (including phenoxy) is 1. The van der Waals surface area contributed by atoms with Crippen molar-refractivity contribution < 1.29 is 18.3 Å². The summed E-state index contributed by atoms with van der Waals surface area (Å²) in [5.41, 5.74) is 0. The molecule has 4 nitrogen and oxygen atoms in total. The van der Waals surface area contributed by atoms with Crippen LogP contribution >= 0.6 is 0 Å². The zero-order valence-electron chi connectivity index (χ0n) is 13.1. The second kappa shape index (κ2) is 7.05. The number of nitrogens with one attached hydrogen (secondary N) is 1. The molecular weight excluding hydrogens is 290 g/mol. The largest absolute Gasteiger partial charge is 0.488 e. The molecule has 3 atom stereocenters. The van der Waals surface area contributed by atoms with Crippen molar-refractivity contribution in [3.05, 3.63) is 29.8 Å². The van der Waals surface area contributed by atoms with E-state index in [1.54, 1.807) is 6.92 Å². The van der Waals surface area contributed by atoms with Crippen LogP contribution in [0.25, 0.3) is 0 Å². The van der Waals surface area contributed by atoms with Gasteiger partial charge in [0.25, 0.3) is 0 Å². The Morgan fingerprint density at radius 2 is 2.23 bits per heavy atom. The van der Waals surface area contributed by atoms with Crippen LogP contribution in [0.4, 0.5) is 8.78 Å². The van der Waals surface area contributed by atoms with Gasteiger partial charge < -0.3 is 15.0 Å². The average molecular weight is 312 g/mol. The first-order valence-electron chi connectivity index (χ1n) is 7.47. The SMILES string of the molecule is C[C@H](COc1ccc(F)cc1F)NC(=O)[C@H]1CCN(C)[C@@H]1C. The quantitative estimate of drug-likeness (QED) is 0.906. The van der Waals surface area contributed by atoms with Crippen molar-refractivity contribution >= 4 is 5.91 Å². The minimum absolute atomic E-state index is 0.00692. The van der Waals surface area contributed by atoms with Gasteiger partial charge in [-0.05, 0) is 46.0 Å². The maximum Gasteiger partial charge on any atom is 0.225 e. The Morgan fingerprint density at radius 3 is 2.82 bits per heavy atom. The summed E-state index contributed by atoms with van der Waals surface area (Å²) >= 11 is 0. The van der Waals surface area contributed by atoms with Gasteiger partial charge in [0.1, 0.15) is 12.4 Å². The number of likely N-dealkylation sites (tertiary alicyclic amines) is 1. The fraction of sp³-hybridized carbons (Fsp3) is 0.562. The highest BCUT2D eigenvalue weighted by atomic mass is 19.1. The number of amides is 1. The van der Waals surface area contributed by atoms with Gasteiger partial charge in [-0.15, -0.1) is 0 Å². The van der Waals surface area contributed by atoms with Crippen LogP contribution in [0.3, 0.4) is 0 Å². The van der Waals surface area contributed by atoms with E-state index in [0.29, 0.717) is 0 Å². The monoisotopic (exact) mass is 312 g/mol. The van der Waals surface area contributed by atoms with Crippen LogP contribution < -0.4 is 10.1 Å². The zero-order valence-corrected chi connectivity index (χ0v) is 13.1. The van der Waals surface area contributed by atoms with Crippen LogP contribution in [-0.2, 0) is 4.79 Å². The third-order valence-electron chi connectivity index (χ3n) is 4.18. The molecule has 0 aliphatic carbocycles. The molecule has 0 unspecified atom stereocenters. The first kappa shape index (κ1) is 16.7. The molecule has 1 amide bonds. The number of hydrogen-bond acceptors (Lipinski definition) is 3. The predicted molar refractivity (Wildman–Crippen MR) is 79.7 cm³/mol. The minimum atomic E-state index is -0.746. The van der Waals surface area contributed by atoms with Crippen molar-refractivity contribution in [2.45, 2.75) is 32.4 Å². The molecule has 1 saturated heterocycles. The van der Waals surface area contributed by atoms with Gasteiger partial charge in [0.05, 0.1) is 12.0 Å². The Labute approximate surface area is 129 Å². The fourth-order valence-corrected chi connectivity index (χ4v) is 2.64. The smallest absolute Gasteiger partial charge is 0.225 e. The number of halogens is 2. The number of hydrogen-bond donors (Lipinski definition) is 1. The summed E-state index contributed by atoms with van der Waals surface area (Å²) in [5, 5.41) is 2.89. The summed E-state index contributed by atoms with van der Waals surface area (Å²) in [4.78, 5) is 14.4. The van der Waals surface area contributed by atoms with Crippen molar-refractivity contribution in [3.8, 4) is 5.75 Å². The molecule has 0 saturated carbocycles. The van der Waals surface area contributed by atoms with Crippen molar-refractivity contribution in [2.75, 3.05) is 20.2 Å². The molecule has 6 heteroatoms. The van der Waals surface area contributed by atoms with E-state index < -0.39 is 11.6 Å². The molecule has 2 rings (SSSR count). The van der Waals surface area contributed by atoms with Crippen molar-refractivity contribution in [2.24, 2.45) is 5.92 Å². The third kappa shape index (κ3) is 3.94. The second-order valence-corrected chi connectivity index (χ2v) is 5.91. The molecule has 1 aromatic carbocycles. The average Bonchev–Trinajstić information content (AvgIpc) is 2.78. The second-order valence-electron chi connectivity index (χ2n) is 5.91. The normalized spacial score (nSPS) is 23.3. The molecule has 22 heavy (non-hydrogen) atoms. The highest BCUT2D eigenvalue weighted by molar-refractivity contribution is 5.80. The molecule has 0 bridgehead atoms. The molecule has 122 valence electrons. The zero-order chi connectivity index (χ0) is 16.3. The fourth-order valence-electron chi connectivity index (χ4n) is 2.64. The molecule has 1 aliphatic heterocycles. The molecule has 1 aromatic rings. The third-order valence-corrected chi connectivity index (χ3v) is 4.18. The first-order chi connectivity index (χ1) is 10.4. The highest BCUT2D eigenvalue weighted by Gasteiger charge is 2.33. The van der Waals surface area contributed by atoms with Crippen molar-refractivity contribution in [3.63, 3.8) is 0 Å². The Kier molecular flexibility index (Phi) is 5.34. The van der Waals surface area contributed by atoms with E-state index in [1.807, 2.05) is 14.0 Å². The van der Waals surface area contributed by atoms with Gasteiger partial charge in [0, 0.05) is 12.1 Å². The molecule has 1 aliphatic rings. The van der Waals surface area contributed by atoms with Gasteiger partial charge in [0.2, 0.25) is 5.91 Å². The van der Waals surface area contributed by atoms with Gasteiger partial charge in [-0.3, -0.25) is 4.79 Å². The number of carbonyl (C=O) groups excluding carboxylic acids is 1. The van der Waals surface area contributed by atoms with E-state index in [2.05, 4.69) is 10.2 Å². The number of nitrogens with zero attached hydrogens (tertiary/aromatic N) is 1. The number of rotatable bonds is 5. The predicted octanol–water partition coefficient (Wildman–Crippen LogP) is 2.19. The molecular formula is C16H22F2N2O2. The van der Waals surface area contributed by atoms with Crippen LogP contribution in [0.2, 0.25) is 0 Å². The maximum atomic E-state index is 13.4. The van der Waals surface area contributed by atoms with Gasteiger partial charge in [0.15, 0.2) is 11.6 Å². The standard InChI is InChI=1S/C16H22F2N2O2/c1-10(9-22-15-5-4-12(17)8-14(15)18)19-16(21)13-6-7-20(3)11(13)2/h4-5,8,10-11,13H,6-7,9H2,1-3H3,(H,19,21)/t10-,11-,13+/m1/s1. The van der Waals surface area contributed by atoms with Gasteiger partial charge in [-0.2, -0.15) is 0 Å². The molecule has 0 radical (unpaired) electrons. The number of carbonyl (C=O) groups is 1. The summed E-state index contributed by atoms with van der Waals surface area (Å²) in [5.74, 6) is -1.45. The summed E-state index contributed by atoms with van der Waals surface area (Å²) in [6, 6.07) is 3.11. The van der Waals surface area contributed by atoms with E-state index in [-0.39, 0.29) is 36.3 Å². The van der Waals surface area contributed by atoms with E-state index in [4.69, 9.17) is 4.74 Å². The Bertz CT molecular complexity index is 539.